The first-order chi connectivity index (χ1) is 12.8. The number of phenols is 1. The van der Waals surface area contributed by atoms with E-state index in [1.165, 1.54) is 5.39 Å². The fraction of sp³-hybridized carbons (Fsp3) is 0.0455. The number of aromatic hydroxyl groups is 1. The molecule has 0 spiro atoms. The predicted molar refractivity (Wildman–Crippen MR) is 105 cm³/mol. The largest absolute Gasteiger partial charge is 0.508 e. The van der Waals surface area contributed by atoms with E-state index in [4.69, 9.17) is 0 Å². The summed E-state index contributed by atoms with van der Waals surface area (Å²) in [5.41, 5.74) is 6.59. The maximum Gasteiger partial charge on any atom is 0.115 e. The molecular weight excluding hydrogens is 322 g/mol. The summed E-state index contributed by atoms with van der Waals surface area (Å²) >= 11 is 0. The number of hydrogen-bond acceptors (Lipinski definition) is 3. The SMILES string of the molecule is Oc1ccc(-c2cnc3c(c2)C=CN(c2ccc4[nH]ccc4c2)C3)cc1. The summed E-state index contributed by atoms with van der Waals surface area (Å²) < 4.78 is 0. The van der Waals surface area contributed by atoms with Gasteiger partial charge < -0.3 is 15.0 Å². The normalized spacial score (nSPS) is 13.2. The Labute approximate surface area is 151 Å². The first-order valence-corrected chi connectivity index (χ1v) is 8.57. The molecule has 26 heavy (non-hydrogen) atoms. The molecule has 126 valence electrons. The Hall–Kier alpha value is -3.53. The van der Waals surface area contributed by atoms with E-state index in [1.54, 1.807) is 12.1 Å². The van der Waals surface area contributed by atoms with Crippen molar-refractivity contribution >= 4 is 22.7 Å². The number of hydrogen-bond donors (Lipinski definition) is 2. The number of phenolic OH excluding ortho intramolecular Hbond substituents is 1. The molecule has 0 aliphatic carbocycles. The van der Waals surface area contributed by atoms with E-state index >= 15 is 0 Å². The van der Waals surface area contributed by atoms with Crippen LogP contribution in [0.5, 0.6) is 5.75 Å². The van der Waals surface area contributed by atoms with Crippen LogP contribution in [0.15, 0.2) is 73.2 Å². The van der Waals surface area contributed by atoms with Crippen molar-refractivity contribution < 1.29 is 5.11 Å². The van der Waals surface area contributed by atoms with Gasteiger partial charge in [0.25, 0.3) is 0 Å². The molecule has 4 nitrogen and oxygen atoms in total. The Morgan fingerprint density at radius 1 is 0.962 bits per heavy atom. The zero-order valence-electron chi connectivity index (χ0n) is 14.1. The van der Waals surface area contributed by atoms with Gasteiger partial charge in [-0.05, 0) is 59.7 Å². The molecule has 2 aromatic heterocycles. The number of anilines is 1. The molecule has 1 aliphatic rings. The van der Waals surface area contributed by atoms with E-state index < -0.39 is 0 Å². The van der Waals surface area contributed by atoms with E-state index in [0.717, 1.165) is 40.1 Å². The van der Waals surface area contributed by atoms with Gasteiger partial charge in [0.2, 0.25) is 0 Å². The molecule has 0 saturated carbocycles. The van der Waals surface area contributed by atoms with Crippen molar-refractivity contribution in [3.05, 3.63) is 84.4 Å². The number of nitrogens with zero attached hydrogens (tertiary/aromatic N) is 2. The Balaban J connectivity index is 1.46. The minimum atomic E-state index is 0.273. The van der Waals surface area contributed by atoms with Crippen LogP contribution in [0.4, 0.5) is 5.69 Å². The average Bonchev–Trinajstić information content (AvgIpc) is 3.15. The summed E-state index contributed by atoms with van der Waals surface area (Å²) in [4.78, 5) is 10.1. The van der Waals surface area contributed by atoms with Gasteiger partial charge in [-0.2, -0.15) is 0 Å². The lowest BCUT2D eigenvalue weighted by Gasteiger charge is -2.25. The van der Waals surface area contributed by atoms with Crippen LogP contribution >= 0.6 is 0 Å². The highest BCUT2D eigenvalue weighted by atomic mass is 16.3. The first-order valence-electron chi connectivity index (χ1n) is 8.57. The quantitative estimate of drug-likeness (QED) is 0.545. The van der Waals surface area contributed by atoms with Gasteiger partial charge in [0.15, 0.2) is 0 Å². The van der Waals surface area contributed by atoms with Crippen LogP contribution in [0.2, 0.25) is 0 Å². The maximum atomic E-state index is 9.45. The molecule has 0 radical (unpaired) electrons. The lowest BCUT2D eigenvalue weighted by Crippen LogP contribution is -2.20. The number of rotatable bonds is 2. The number of H-pyrrole nitrogens is 1. The molecular formula is C22H17N3O. The van der Waals surface area contributed by atoms with Crippen LogP contribution in [-0.2, 0) is 6.54 Å². The lowest BCUT2D eigenvalue weighted by atomic mass is 10.0. The second-order valence-electron chi connectivity index (χ2n) is 6.50. The number of benzene rings is 2. The third-order valence-electron chi connectivity index (χ3n) is 4.83. The fourth-order valence-corrected chi connectivity index (χ4v) is 3.38. The summed E-state index contributed by atoms with van der Waals surface area (Å²) in [6.07, 6.45) is 8.08. The number of aromatic amines is 1. The number of aromatic nitrogens is 2. The highest BCUT2D eigenvalue weighted by Crippen LogP contribution is 2.29. The third kappa shape index (κ3) is 2.52. The van der Waals surface area contributed by atoms with Crippen LogP contribution in [0.3, 0.4) is 0 Å². The van der Waals surface area contributed by atoms with E-state index in [0.29, 0.717) is 0 Å². The Morgan fingerprint density at radius 2 is 1.85 bits per heavy atom. The second kappa shape index (κ2) is 5.77. The van der Waals surface area contributed by atoms with E-state index in [1.807, 2.05) is 24.5 Å². The van der Waals surface area contributed by atoms with Crippen molar-refractivity contribution in [2.45, 2.75) is 6.54 Å². The summed E-state index contributed by atoms with van der Waals surface area (Å²) in [6.45, 7) is 0.748. The molecule has 0 bridgehead atoms. The van der Waals surface area contributed by atoms with Gasteiger partial charge in [-0.25, -0.2) is 0 Å². The standard InChI is InChI=1S/C22H17N3O/c26-20-4-1-15(2-5-20)18-11-17-8-10-25(14-22(17)24-13-18)19-3-6-21-16(12-19)7-9-23-21/h1-13,23,26H,14H2. The zero-order chi connectivity index (χ0) is 17.5. The number of nitrogens with one attached hydrogen (secondary N) is 1. The third-order valence-corrected chi connectivity index (χ3v) is 4.83. The smallest absolute Gasteiger partial charge is 0.115 e. The van der Waals surface area contributed by atoms with Crippen LogP contribution in [0.25, 0.3) is 28.1 Å². The minimum absolute atomic E-state index is 0.273. The van der Waals surface area contributed by atoms with E-state index in [-0.39, 0.29) is 5.75 Å². The average molecular weight is 339 g/mol. The molecule has 3 heterocycles. The van der Waals surface area contributed by atoms with Crippen molar-refractivity contribution in [2.24, 2.45) is 0 Å². The molecule has 4 aromatic rings. The summed E-state index contributed by atoms with van der Waals surface area (Å²) in [5, 5.41) is 10.7. The van der Waals surface area contributed by atoms with E-state index in [9.17, 15) is 5.11 Å². The Bertz CT molecular complexity index is 1130. The number of fused-ring (bicyclic) bond motifs is 2. The highest BCUT2D eigenvalue weighted by molar-refractivity contribution is 5.84. The van der Waals surface area contributed by atoms with Crippen LogP contribution in [-0.4, -0.2) is 15.1 Å². The molecule has 2 N–H and O–H groups in total. The molecule has 2 aromatic carbocycles. The second-order valence-corrected chi connectivity index (χ2v) is 6.50. The zero-order valence-corrected chi connectivity index (χ0v) is 14.1. The molecule has 5 rings (SSSR count). The topological polar surface area (TPSA) is 52.2 Å². The fourth-order valence-electron chi connectivity index (χ4n) is 3.38. The molecule has 0 saturated heterocycles. The van der Waals surface area contributed by atoms with Crippen molar-refractivity contribution in [1.29, 1.82) is 0 Å². The Morgan fingerprint density at radius 3 is 2.73 bits per heavy atom. The van der Waals surface area contributed by atoms with E-state index in [2.05, 4.69) is 57.5 Å². The van der Waals surface area contributed by atoms with Gasteiger partial charge in [0.1, 0.15) is 5.75 Å². The highest BCUT2D eigenvalue weighted by Gasteiger charge is 2.15. The summed E-state index contributed by atoms with van der Waals surface area (Å²) in [5.74, 6) is 0.273. The molecule has 1 aliphatic heterocycles. The molecule has 4 heteroatoms. The monoisotopic (exact) mass is 339 g/mol. The van der Waals surface area contributed by atoms with Gasteiger partial charge in [0, 0.05) is 40.7 Å². The first kappa shape index (κ1) is 14.8. The maximum absolute atomic E-state index is 9.45. The van der Waals surface area contributed by atoms with Gasteiger partial charge in [-0.1, -0.05) is 12.1 Å². The van der Waals surface area contributed by atoms with Crippen LogP contribution in [0, 0.1) is 0 Å². The predicted octanol–water partition coefficient (Wildman–Crippen LogP) is 4.93. The van der Waals surface area contributed by atoms with Crippen molar-refractivity contribution in [3.8, 4) is 16.9 Å². The van der Waals surface area contributed by atoms with Crippen molar-refractivity contribution in [2.75, 3.05) is 4.90 Å². The van der Waals surface area contributed by atoms with Crippen LogP contribution in [0.1, 0.15) is 11.3 Å². The Kier molecular flexibility index (Phi) is 3.28. The lowest BCUT2D eigenvalue weighted by molar-refractivity contribution is 0.475. The molecule has 0 unspecified atom stereocenters. The van der Waals surface area contributed by atoms with Gasteiger partial charge >= 0.3 is 0 Å². The van der Waals surface area contributed by atoms with Crippen molar-refractivity contribution in [3.63, 3.8) is 0 Å². The van der Waals surface area contributed by atoms with Gasteiger partial charge in [-0.15, -0.1) is 0 Å². The summed E-state index contributed by atoms with van der Waals surface area (Å²) in [6, 6.07) is 17.9. The van der Waals surface area contributed by atoms with Crippen LogP contribution < -0.4 is 4.90 Å². The minimum Gasteiger partial charge on any atom is -0.508 e. The molecule has 0 fully saturated rings. The molecule has 0 atom stereocenters. The summed E-state index contributed by atoms with van der Waals surface area (Å²) in [7, 11) is 0. The van der Waals surface area contributed by atoms with Crippen molar-refractivity contribution in [1.82, 2.24) is 9.97 Å². The van der Waals surface area contributed by atoms with Gasteiger partial charge in [-0.3, -0.25) is 4.98 Å². The molecule has 0 amide bonds. The van der Waals surface area contributed by atoms with Gasteiger partial charge in [0.05, 0.1) is 12.2 Å². The number of pyridine rings is 1.